The van der Waals surface area contributed by atoms with Gasteiger partial charge in [-0.1, -0.05) is 0 Å². The highest BCUT2D eigenvalue weighted by Gasteiger charge is 2.31. The van der Waals surface area contributed by atoms with Crippen LogP contribution in [0, 0.1) is 0 Å². The van der Waals surface area contributed by atoms with Crippen molar-refractivity contribution < 1.29 is 28.7 Å². The monoisotopic (exact) mass is 464 g/mol. The van der Waals surface area contributed by atoms with Crippen LogP contribution < -0.4 is 10.6 Å². The molecule has 0 saturated heterocycles. The fourth-order valence-electron chi connectivity index (χ4n) is 1.78. The smallest absolute Gasteiger partial charge is 0.315 e. The number of thiol groups is 2. The predicted molar refractivity (Wildman–Crippen MR) is 118 cm³/mol. The molecule has 2 N–H and O–H groups in total. The molecule has 0 spiro atoms. The molecule has 0 heterocycles. The van der Waals surface area contributed by atoms with Crippen LogP contribution in [-0.2, 0) is 28.7 Å². The van der Waals surface area contributed by atoms with E-state index < -0.39 is 23.0 Å². The van der Waals surface area contributed by atoms with E-state index >= 15 is 0 Å². The molecule has 0 aromatic carbocycles. The molecule has 0 fully saturated rings. The molecule has 0 aliphatic carbocycles. The Bertz CT molecular complexity index is 574. The zero-order valence-corrected chi connectivity index (χ0v) is 19.7. The number of rotatable bonds is 14. The summed E-state index contributed by atoms with van der Waals surface area (Å²) in [7, 11) is 0. The Balaban J connectivity index is 4.41. The van der Waals surface area contributed by atoms with Gasteiger partial charge in [-0.25, -0.2) is 0 Å². The van der Waals surface area contributed by atoms with E-state index in [-0.39, 0.29) is 36.5 Å². The van der Waals surface area contributed by atoms with Gasteiger partial charge in [-0.05, 0) is 40.5 Å². The first kappa shape index (κ1) is 28.2. The minimum atomic E-state index is -1.18. The third kappa shape index (κ3) is 12.0. The van der Waals surface area contributed by atoms with Crippen molar-refractivity contribution in [2.75, 3.05) is 37.8 Å². The Morgan fingerprint density at radius 3 is 1.37 bits per heavy atom. The van der Waals surface area contributed by atoms with Gasteiger partial charge in [0.05, 0.1) is 24.7 Å². The second-order valence-electron chi connectivity index (χ2n) is 7.29. The van der Waals surface area contributed by atoms with Crippen LogP contribution in [0.1, 0.15) is 40.5 Å². The average Bonchev–Trinajstić information content (AvgIpc) is 2.70. The van der Waals surface area contributed by atoms with Crippen molar-refractivity contribution in [1.82, 2.24) is 10.6 Å². The summed E-state index contributed by atoms with van der Waals surface area (Å²) < 4.78 is 9.72. The number of carbonyl (C=O) groups excluding carboxylic acids is 4. The molecule has 0 rings (SSSR count). The fraction of sp³-hybridized carbons (Fsp3) is 0.778. The molecule has 0 unspecified atom stereocenters. The summed E-state index contributed by atoms with van der Waals surface area (Å²) in [6.45, 7) is 7.30. The lowest BCUT2D eigenvalue weighted by Gasteiger charge is -2.22. The minimum absolute atomic E-state index is 0.00660. The van der Waals surface area contributed by atoms with E-state index in [9.17, 15) is 19.2 Å². The van der Waals surface area contributed by atoms with E-state index in [1.165, 1.54) is 0 Å². The van der Waals surface area contributed by atoms with Crippen LogP contribution in [-0.4, -0.2) is 72.6 Å². The number of nitrogens with zero attached hydrogens (tertiary/aromatic N) is 2. The molecule has 0 aromatic rings. The minimum Gasteiger partial charge on any atom is -0.465 e. The molecule has 0 aliphatic heterocycles. The highest BCUT2D eigenvalue weighted by molar-refractivity contribution is 7.81. The second-order valence-corrected chi connectivity index (χ2v) is 7.93. The van der Waals surface area contributed by atoms with Crippen LogP contribution in [0.2, 0.25) is 0 Å². The van der Waals surface area contributed by atoms with E-state index in [1.807, 2.05) is 0 Å². The van der Waals surface area contributed by atoms with E-state index in [2.05, 4.69) is 46.1 Å². The number of amides is 2. The number of ether oxygens (including phenoxy) is 2. The maximum atomic E-state index is 12.3. The summed E-state index contributed by atoms with van der Waals surface area (Å²) >= 11 is 7.59. The molecule has 172 valence electrons. The molecule has 0 radical (unpaired) electrons. The van der Waals surface area contributed by atoms with E-state index in [0.29, 0.717) is 25.9 Å². The van der Waals surface area contributed by atoms with Crippen LogP contribution in [0.3, 0.4) is 0 Å². The van der Waals surface area contributed by atoms with Crippen molar-refractivity contribution in [3.8, 4) is 0 Å². The highest BCUT2D eigenvalue weighted by atomic mass is 32.1. The summed E-state index contributed by atoms with van der Waals surface area (Å²) in [6.07, 6.45) is 0.908. The lowest BCUT2D eigenvalue weighted by atomic mass is 10.0. The molecular weight excluding hydrogens is 432 g/mol. The van der Waals surface area contributed by atoms with Gasteiger partial charge >= 0.3 is 11.9 Å². The summed E-state index contributed by atoms with van der Waals surface area (Å²) in [5.41, 5.74) is -2.36. The molecular formula is C18H32N4O6S2. The Morgan fingerprint density at radius 1 is 0.733 bits per heavy atom. The van der Waals surface area contributed by atoms with E-state index in [1.54, 1.807) is 27.7 Å². The number of hydrogen-bond donors (Lipinski definition) is 4. The summed E-state index contributed by atoms with van der Waals surface area (Å²) in [4.78, 5) is 46.5. The summed E-state index contributed by atoms with van der Waals surface area (Å²) in [5.74, 6) is -1.56. The molecule has 12 heteroatoms. The van der Waals surface area contributed by atoms with E-state index in [0.717, 1.165) is 0 Å². The van der Waals surface area contributed by atoms with Crippen molar-refractivity contribution in [3.63, 3.8) is 0 Å². The van der Waals surface area contributed by atoms with E-state index in [4.69, 9.17) is 9.47 Å². The lowest BCUT2D eigenvalue weighted by Crippen LogP contribution is -2.44. The summed E-state index contributed by atoms with van der Waals surface area (Å²) in [6, 6.07) is 0. The number of nitrogens with one attached hydrogen (secondary N) is 2. The maximum absolute atomic E-state index is 12.3. The van der Waals surface area contributed by atoms with Gasteiger partial charge in [0.15, 0.2) is 11.1 Å². The molecule has 0 atom stereocenters. The highest BCUT2D eigenvalue weighted by Crippen LogP contribution is 2.16. The van der Waals surface area contributed by atoms with Crippen molar-refractivity contribution >= 4 is 49.0 Å². The fourth-order valence-corrected chi connectivity index (χ4v) is 1.97. The first-order chi connectivity index (χ1) is 14.0. The Kier molecular flexibility index (Phi) is 13.4. The maximum Gasteiger partial charge on any atom is 0.315 e. The van der Waals surface area contributed by atoms with Crippen molar-refractivity contribution in [3.05, 3.63) is 0 Å². The van der Waals surface area contributed by atoms with Gasteiger partial charge in [-0.15, -0.1) is 0 Å². The van der Waals surface area contributed by atoms with Crippen LogP contribution in [0.25, 0.3) is 0 Å². The normalized spacial score (nSPS) is 11.8. The largest absolute Gasteiger partial charge is 0.465 e. The number of azo groups is 1. The Morgan fingerprint density at radius 2 is 1.07 bits per heavy atom. The standard InChI is InChI=1S/C18H32N4O6S2/c1-17(2,15(25)19-7-5-9-27-13(23)11-29)21-22-18(3,4)16(26)20-8-6-10-28-14(24)12-30/h29-30H,5-12H2,1-4H3,(H,19,25)(H,20,26). The van der Waals surface area contributed by atoms with Gasteiger partial charge in [-0.3, -0.25) is 19.2 Å². The van der Waals surface area contributed by atoms with Gasteiger partial charge in [0.25, 0.3) is 0 Å². The van der Waals surface area contributed by atoms with Crippen LogP contribution in [0.5, 0.6) is 0 Å². The molecule has 0 aliphatic rings. The summed E-state index contributed by atoms with van der Waals surface area (Å²) in [5, 5.41) is 13.5. The quantitative estimate of drug-likeness (QED) is 0.131. The van der Waals surface area contributed by atoms with Gasteiger partial charge in [-0.2, -0.15) is 35.5 Å². The van der Waals surface area contributed by atoms with Crippen molar-refractivity contribution in [2.45, 2.75) is 51.6 Å². The molecule has 10 nitrogen and oxygen atoms in total. The van der Waals surface area contributed by atoms with Crippen LogP contribution >= 0.6 is 25.3 Å². The molecule has 2 amide bonds. The second kappa shape index (κ2) is 14.2. The van der Waals surface area contributed by atoms with Crippen LogP contribution in [0.15, 0.2) is 10.2 Å². The van der Waals surface area contributed by atoms with Gasteiger partial charge in [0.1, 0.15) is 0 Å². The topological polar surface area (TPSA) is 136 Å². The number of esters is 2. The Labute approximate surface area is 188 Å². The average molecular weight is 465 g/mol. The number of hydrogen-bond acceptors (Lipinski definition) is 10. The van der Waals surface area contributed by atoms with Gasteiger partial charge in [0, 0.05) is 13.1 Å². The predicted octanol–water partition coefficient (Wildman–Crippen LogP) is 0.954. The Hall–Kier alpha value is -1.82. The first-order valence-corrected chi connectivity index (χ1v) is 10.8. The van der Waals surface area contributed by atoms with Crippen molar-refractivity contribution in [2.24, 2.45) is 10.2 Å². The molecule has 30 heavy (non-hydrogen) atoms. The molecule has 0 bridgehead atoms. The van der Waals surface area contributed by atoms with Gasteiger partial charge in [0.2, 0.25) is 11.8 Å². The van der Waals surface area contributed by atoms with Crippen molar-refractivity contribution in [1.29, 1.82) is 0 Å². The molecule has 0 aromatic heterocycles. The third-order valence-electron chi connectivity index (χ3n) is 3.66. The first-order valence-electron chi connectivity index (χ1n) is 9.50. The molecule has 0 saturated carbocycles. The van der Waals surface area contributed by atoms with Crippen LogP contribution in [0.4, 0.5) is 0 Å². The zero-order chi connectivity index (χ0) is 23.2. The number of carbonyl (C=O) groups is 4. The third-order valence-corrected chi connectivity index (χ3v) is 4.18. The lowest BCUT2D eigenvalue weighted by molar-refractivity contribution is -0.141. The zero-order valence-electron chi connectivity index (χ0n) is 17.9. The van der Waals surface area contributed by atoms with Gasteiger partial charge < -0.3 is 20.1 Å². The SMILES string of the molecule is CC(C)(N=NC(C)(C)C(=O)NCCCOC(=O)CS)C(=O)NCCCOC(=O)CS.